The summed E-state index contributed by atoms with van der Waals surface area (Å²) in [6.45, 7) is 7.64. The van der Waals surface area contributed by atoms with Crippen molar-refractivity contribution in [1.29, 1.82) is 0 Å². The molecule has 0 atom stereocenters. The van der Waals surface area contributed by atoms with Crippen molar-refractivity contribution in [3.8, 4) is 11.1 Å². The van der Waals surface area contributed by atoms with Gasteiger partial charge in [-0.05, 0) is 42.2 Å². The molecule has 0 aliphatic heterocycles. The van der Waals surface area contributed by atoms with Gasteiger partial charge in [0.25, 0.3) is 0 Å². The minimum absolute atomic E-state index is 0.147. The Kier molecular flexibility index (Phi) is 9.89. The van der Waals surface area contributed by atoms with Gasteiger partial charge in [-0.2, -0.15) is 21.6 Å². The summed E-state index contributed by atoms with van der Waals surface area (Å²) in [6, 6.07) is 22.0. The highest BCUT2D eigenvalue weighted by molar-refractivity contribution is 7.93. The zero-order valence-corrected chi connectivity index (χ0v) is 20.9. The maximum Gasteiger partial charge on any atom is 0.516 e. The number of hydrogen-bond donors (Lipinski definition) is 1. The summed E-state index contributed by atoms with van der Waals surface area (Å²) in [7, 11) is -5.56. The van der Waals surface area contributed by atoms with Gasteiger partial charge in [-0.25, -0.2) is 0 Å². The van der Waals surface area contributed by atoms with Crippen LogP contribution in [0.5, 0.6) is 0 Å². The fourth-order valence-electron chi connectivity index (χ4n) is 3.10. The highest BCUT2D eigenvalue weighted by Gasteiger charge is 2.46. The number of oxime groups is 1. The number of halogens is 3. The van der Waals surface area contributed by atoms with E-state index < -0.39 is 15.5 Å². The number of alkyl halides is 3. The lowest BCUT2D eigenvalue weighted by atomic mass is 10.0. The Bertz CT molecular complexity index is 1220. The summed E-state index contributed by atoms with van der Waals surface area (Å²) in [5.41, 5.74) is -1.36. The molecule has 3 aromatic rings. The molecule has 0 radical (unpaired) electrons. The molecule has 1 N–H and O–H groups in total. The third-order valence-corrected chi connectivity index (χ3v) is 5.93. The first-order chi connectivity index (χ1) is 16.6. The first kappa shape index (κ1) is 27.9. The van der Waals surface area contributed by atoms with Crippen molar-refractivity contribution in [2.75, 3.05) is 4.72 Å². The Labute approximate surface area is 204 Å². The van der Waals surface area contributed by atoms with Crippen molar-refractivity contribution in [2.24, 2.45) is 5.16 Å². The molecule has 0 spiro atoms. The second kappa shape index (κ2) is 12.4. The molecular formula is C26H29F3N2O3S. The van der Waals surface area contributed by atoms with Gasteiger partial charge in [0.05, 0.1) is 11.4 Å². The third-order valence-electron chi connectivity index (χ3n) is 4.84. The average Bonchev–Trinajstić information content (AvgIpc) is 2.84. The van der Waals surface area contributed by atoms with Gasteiger partial charge in [-0.3, -0.25) is 4.72 Å². The molecule has 0 saturated carbocycles. The predicted molar refractivity (Wildman–Crippen MR) is 135 cm³/mol. The van der Waals surface area contributed by atoms with E-state index in [0.717, 1.165) is 22.3 Å². The lowest BCUT2D eigenvalue weighted by molar-refractivity contribution is -0.0429. The topological polar surface area (TPSA) is 67.8 Å². The maximum absolute atomic E-state index is 12.8. The molecule has 0 amide bonds. The van der Waals surface area contributed by atoms with Crippen LogP contribution in [-0.4, -0.2) is 19.6 Å². The summed E-state index contributed by atoms with van der Waals surface area (Å²) in [4.78, 5) is 5.45. The number of benzene rings is 3. The molecule has 0 saturated heterocycles. The first-order valence-electron chi connectivity index (χ1n) is 11.1. The van der Waals surface area contributed by atoms with E-state index >= 15 is 0 Å². The van der Waals surface area contributed by atoms with E-state index in [1.165, 1.54) is 12.1 Å². The SMILES string of the molecule is CC.CC/C(=N\OCc1ccc(-c2ccccc2)cc1)c1cc(C)ccc1NS(=O)(=O)C(F)(F)F. The molecular weight excluding hydrogens is 477 g/mol. The molecule has 0 bridgehead atoms. The van der Waals surface area contributed by atoms with E-state index in [4.69, 9.17) is 4.84 Å². The summed E-state index contributed by atoms with van der Waals surface area (Å²) >= 11 is 0. The molecule has 35 heavy (non-hydrogen) atoms. The van der Waals surface area contributed by atoms with Gasteiger partial charge < -0.3 is 4.84 Å². The molecule has 3 aromatic carbocycles. The summed E-state index contributed by atoms with van der Waals surface area (Å²) in [6.07, 6.45) is 0.317. The first-order valence-corrected chi connectivity index (χ1v) is 12.6. The Morgan fingerprint density at radius 2 is 1.54 bits per heavy atom. The predicted octanol–water partition coefficient (Wildman–Crippen LogP) is 7.28. The number of sulfonamides is 1. The van der Waals surface area contributed by atoms with E-state index in [1.54, 1.807) is 24.6 Å². The minimum Gasteiger partial charge on any atom is -0.391 e. The molecule has 5 nitrogen and oxygen atoms in total. The van der Waals surface area contributed by atoms with Gasteiger partial charge in [-0.15, -0.1) is 0 Å². The number of hydrogen-bond acceptors (Lipinski definition) is 4. The molecule has 0 aromatic heterocycles. The Morgan fingerprint density at radius 3 is 2.11 bits per heavy atom. The maximum atomic E-state index is 12.8. The van der Waals surface area contributed by atoms with Crippen LogP contribution in [-0.2, 0) is 21.5 Å². The van der Waals surface area contributed by atoms with Crippen LogP contribution in [0.3, 0.4) is 0 Å². The van der Waals surface area contributed by atoms with Crippen LogP contribution in [0.15, 0.2) is 78.0 Å². The van der Waals surface area contributed by atoms with Crippen molar-refractivity contribution in [1.82, 2.24) is 0 Å². The zero-order chi connectivity index (χ0) is 26.1. The Balaban J connectivity index is 0.00000210. The lowest BCUT2D eigenvalue weighted by Gasteiger charge is -2.15. The number of nitrogens with zero attached hydrogens (tertiary/aromatic N) is 1. The Morgan fingerprint density at radius 1 is 0.943 bits per heavy atom. The number of rotatable bonds is 8. The van der Waals surface area contributed by atoms with Crippen LogP contribution in [0.25, 0.3) is 11.1 Å². The fraction of sp³-hybridized carbons (Fsp3) is 0.269. The van der Waals surface area contributed by atoms with E-state index in [0.29, 0.717) is 12.1 Å². The number of nitrogens with one attached hydrogen (secondary N) is 1. The Hall–Kier alpha value is -3.33. The minimum atomic E-state index is -5.56. The smallest absolute Gasteiger partial charge is 0.391 e. The number of anilines is 1. The third kappa shape index (κ3) is 7.58. The molecule has 188 valence electrons. The van der Waals surface area contributed by atoms with Gasteiger partial charge in [0, 0.05) is 5.56 Å². The summed E-state index contributed by atoms with van der Waals surface area (Å²) in [5, 5.41) is 4.08. The zero-order valence-electron chi connectivity index (χ0n) is 20.1. The van der Waals surface area contributed by atoms with Crippen molar-refractivity contribution in [3.05, 3.63) is 89.5 Å². The average molecular weight is 507 g/mol. The van der Waals surface area contributed by atoms with Gasteiger partial charge >= 0.3 is 15.5 Å². The van der Waals surface area contributed by atoms with E-state index in [-0.39, 0.29) is 17.9 Å². The van der Waals surface area contributed by atoms with Gasteiger partial charge in [-0.1, -0.05) is 92.2 Å². The molecule has 0 aliphatic rings. The van der Waals surface area contributed by atoms with Crippen molar-refractivity contribution in [3.63, 3.8) is 0 Å². The van der Waals surface area contributed by atoms with E-state index in [9.17, 15) is 21.6 Å². The molecule has 0 heterocycles. The standard InChI is InChI=1S/C24H23F3N2O3S.C2H6/c1-3-22(21-15-17(2)9-14-23(21)29-33(30,31)24(25,26)27)28-32-16-18-10-12-20(13-11-18)19-7-5-4-6-8-19;1-2/h4-15,29H,3,16H2,1-2H3;1-2H3/b28-22+;. The van der Waals surface area contributed by atoms with E-state index in [2.05, 4.69) is 5.16 Å². The highest BCUT2D eigenvalue weighted by Crippen LogP contribution is 2.28. The molecule has 0 unspecified atom stereocenters. The van der Waals surface area contributed by atoms with Gasteiger partial charge in [0.15, 0.2) is 0 Å². The highest BCUT2D eigenvalue weighted by atomic mass is 32.2. The van der Waals surface area contributed by atoms with Crippen LogP contribution >= 0.6 is 0 Å². The largest absolute Gasteiger partial charge is 0.516 e. The monoisotopic (exact) mass is 506 g/mol. The summed E-state index contributed by atoms with van der Waals surface area (Å²) < 4.78 is 63.3. The van der Waals surface area contributed by atoms with Crippen molar-refractivity contribution < 1.29 is 26.4 Å². The number of aryl methyl sites for hydroxylation is 1. The molecule has 9 heteroatoms. The molecule has 0 fully saturated rings. The summed E-state index contributed by atoms with van der Waals surface area (Å²) in [5.74, 6) is 0. The van der Waals surface area contributed by atoms with Crippen LogP contribution in [0, 0.1) is 6.92 Å². The van der Waals surface area contributed by atoms with Gasteiger partial charge in [0.1, 0.15) is 6.61 Å². The molecule has 3 rings (SSSR count). The van der Waals surface area contributed by atoms with Crippen LogP contribution in [0.4, 0.5) is 18.9 Å². The fourth-order valence-corrected chi connectivity index (χ4v) is 3.68. The normalized spacial score (nSPS) is 11.9. The van der Waals surface area contributed by atoms with Crippen LogP contribution in [0.1, 0.15) is 43.9 Å². The van der Waals surface area contributed by atoms with Gasteiger partial charge in [0.2, 0.25) is 0 Å². The second-order valence-corrected chi connectivity index (χ2v) is 9.00. The van der Waals surface area contributed by atoms with Crippen molar-refractivity contribution in [2.45, 2.75) is 46.2 Å². The van der Waals surface area contributed by atoms with Crippen LogP contribution < -0.4 is 4.72 Å². The second-order valence-electron chi connectivity index (χ2n) is 7.33. The van der Waals surface area contributed by atoms with Crippen LogP contribution in [0.2, 0.25) is 0 Å². The van der Waals surface area contributed by atoms with E-state index in [1.807, 2.05) is 68.4 Å². The molecule has 0 aliphatic carbocycles. The lowest BCUT2D eigenvalue weighted by Crippen LogP contribution is -2.30. The van der Waals surface area contributed by atoms with Crippen molar-refractivity contribution >= 4 is 21.4 Å². The quantitative estimate of drug-likeness (QED) is 0.258.